The Bertz CT molecular complexity index is 475. The number of hydrogen-bond donors (Lipinski definition) is 2. The van der Waals surface area contributed by atoms with Crippen molar-refractivity contribution < 1.29 is 9.59 Å². The van der Waals surface area contributed by atoms with Gasteiger partial charge in [-0.15, -0.1) is 0 Å². The molecule has 5 nitrogen and oxygen atoms in total. The highest BCUT2D eigenvalue weighted by Gasteiger charge is 2.38. The first-order chi connectivity index (χ1) is 9.63. The maximum Gasteiger partial charge on any atom is 0.249 e. The third-order valence-corrected chi connectivity index (χ3v) is 3.52. The molecule has 1 aromatic rings. The standard InChI is InChI=1S/C15H21N3O2/c1-11-10-13(17-14(19)8-9-16-2)15(20)18(11)12-6-4-3-5-7-12/h3-7,11,13,16H,8-10H2,1-2H3,(H,17,19). The van der Waals surface area contributed by atoms with E-state index < -0.39 is 6.04 Å². The van der Waals surface area contributed by atoms with E-state index in [4.69, 9.17) is 0 Å². The topological polar surface area (TPSA) is 61.4 Å². The zero-order valence-corrected chi connectivity index (χ0v) is 11.9. The van der Waals surface area contributed by atoms with Gasteiger partial charge in [0.1, 0.15) is 6.04 Å². The monoisotopic (exact) mass is 275 g/mol. The van der Waals surface area contributed by atoms with Crippen molar-refractivity contribution in [2.45, 2.75) is 31.8 Å². The molecule has 5 heteroatoms. The minimum absolute atomic E-state index is 0.0264. The second-order valence-corrected chi connectivity index (χ2v) is 5.10. The Morgan fingerprint density at radius 1 is 1.35 bits per heavy atom. The maximum absolute atomic E-state index is 12.4. The normalized spacial score (nSPS) is 22.1. The minimum atomic E-state index is -0.408. The van der Waals surface area contributed by atoms with Crippen LogP contribution in [0, 0.1) is 0 Å². The Hall–Kier alpha value is -1.88. The van der Waals surface area contributed by atoms with Crippen molar-refractivity contribution >= 4 is 17.5 Å². The predicted octanol–water partition coefficient (Wildman–Crippen LogP) is 0.906. The van der Waals surface area contributed by atoms with Gasteiger partial charge >= 0.3 is 0 Å². The van der Waals surface area contributed by atoms with Gasteiger partial charge in [-0.05, 0) is 32.5 Å². The number of benzene rings is 1. The summed E-state index contributed by atoms with van der Waals surface area (Å²) in [5.41, 5.74) is 0.886. The van der Waals surface area contributed by atoms with Crippen molar-refractivity contribution in [1.82, 2.24) is 10.6 Å². The second kappa shape index (κ2) is 6.52. The molecule has 1 aliphatic heterocycles. The van der Waals surface area contributed by atoms with E-state index in [1.54, 1.807) is 11.9 Å². The smallest absolute Gasteiger partial charge is 0.249 e. The molecule has 2 atom stereocenters. The van der Waals surface area contributed by atoms with Gasteiger partial charge in [0.05, 0.1) is 0 Å². The molecular weight excluding hydrogens is 254 g/mol. The van der Waals surface area contributed by atoms with Crippen LogP contribution >= 0.6 is 0 Å². The molecule has 20 heavy (non-hydrogen) atoms. The first-order valence-corrected chi connectivity index (χ1v) is 6.95. The highest BCUT2D eigenvalue weighted by molar-refractivity contribution is 6.01. The summed E-state index contributed by atoms with van der Waals surface area (Å²) in [5, 5.41) is 5.75. The molecule has 0 saturated carbocycles. The zero-order valence-electron chi connectivity index (χ0n) is 11.9. The molecule has 0 aromatic heterocycles. The number of nitrogens with zero attached hydrogens (tertiary/aromatic N) is 1. The molecular formula is C15H21N3O2. The van der Waals surface area contributed by atoms with Crippen LogP contribution in [-0.2, 0) is 9.59 Å². The number of hydrogen-bond acceptors (Lipinski definition) is 3. The van der Waals surface area contributed by atoms with Gasteiger partial charge in [0.2, 0.25) is 11.8 Å². The summed E-state index contributed by atoms with van der Waals surface area (Å²) in [6.07, 6.45) is 1.04. The van der Waals surface area contributed by atoms with E-state index >= 15 is 0 Å². The molecule has 1 saturated heterocycles. The summed E-state index contributed by atoms with van der Waals surface area (Å²) in [5.74, 6) is -0.110. The molecule has 2 N–H and O–H groups in total. The number of anilines is 1. The van der Waals surface area contributed by atoms with E-state index in [9.17, 15) is 9.59 Å². The number of amides is 2. The highest BCUT2D eigenvalue weighted by Crippen LogP contribution is 2.26. The number of nitrogens with one attached hydrogen (secondary N) is 2. The highest BCUT2D eigenvalue weighted by atomic mass is 16.2. The Morgan fingerprint density at radius 3 is 2.70 bits per heavy atom. The van der Waals surface area contributed by atoms with E-state index in [1.165, 1.54) is 0 Å². The second-order valence-electron chi connectivity index (χ2n) is 5.10. The van der Waals surface area contributed by atoms with E-state index in [0.29, 0.717) is 19.4 Å². The molecule has 108 valence electrons. The molecule has 1 aliphatic rings. The van der Waals surface area contributed by atoms with Crippen molar-refractivity contribution in [3.63, 3.8) is 0 Å². The lowest BCUT2D eigenvalue weighted by molar-refractivity contribution is -0.126. The van der Waals surface area contributed by atoms with Crippen LogP contribution in [-0.4, -0.2) is 37.5 Å². The van der Waals surface area contributed by atoms with Crippen molar-refractivity contribution in [2.75, 3.05) is 18.5 Å². The number of rotatable bonds is 5. The lowest BCUT2D eigenvalue weighted by Gasteiger charge is -2.21. The fraction of sp³-hybridized carbons (Fsp3) is 0.467. The lowest BCUT2D eigenvalue weighted by Crippen LogP contribution is -2.42. The van der Waals surface area contributed by atoms with Gasteiger partial charge < -0.3 is 15.5 Å². The van der Waals surface area contributed by atoms with Crippen LogP contribution in [0.2, 0.25) is 0 Å². The Labute approximate surface area is 119 Å². The van der Waals surface area contributed by atoms with Crippen molar-refractivity contribution in [1.29, 1.82) is 0 Å². The molecule has 0 aliphatic carbocycles. The average Bonchev–Trinajstić information content (AvgIpc) is 2.72. The number of para-hydroxylation sites is 1. The van der Waals surface area contributed by atoms with Crippen LogP contribution in [0.25, 0.3) is 0 Å². The van der Waals surface area contributed by atoms with Gasteiger partial charge in [-0.2, -0.15) is 0 Å². The van der Waals surface area contributed by atoms with Gasteiger partial charge in [0.25, 0.3) is 0 Å². The molecule has 1 heterocycles. The lowest BCUT2D eigenvalue weighted by atomic mass is 10.2. The summed E-state index contributed by atoms with van der Waals surface area (Å²) < 4.78 is 0. The molecule has 2 amide bonds. The first-order valence-electron chi connectivity index (χ1n) is 6.95. The van der Waals surface area contributed by atoms with Gasteiger partial charge in [0, 0.05) is 24.7 Å². The molecule has 2 rings (SSSR count). The minimum Gasteiger partial charge on any atom is -0.344 e. The Morgan fingerprint density at radius 2 is 2.05 bits per heavy atom. The third kappa shape index (κ3) is 3.17. The molecule has 0 bridgehead atoms. The summed E-state index contributed by atoms with van der Waals surface area (Å²) in [6.45, 7) is 2.62. The van der Waals surface area contributed by atoms with E-state index in [-0.39, 0.29) is 17.9 Å². The molecule has 0 radical (unpaired) electrons. The Kier molecular flexibility index (Phi) is 4.74. The molecule has 2 unspecified atom stereocenters. The van der Waals surface area contributed by atoms with Crippen LogP contribution in [0.4, 0.5) is 5.69 Å². The predicted molar refractivity (Wildman–Crippen MR) is 78.5 cm³/mol. The van der Waals surface area contributed by atoms with E-state index in [0.717, 1.165) is 5.69 Å². The van der Waals surface area contributed by atoms with Gasteiger partial charge in [-0.1, -0.05) is 18.2 Å². The van der Waals surface area contributed by atoms with Crippen molar-refractivity contribution in [2.24, 2.45) is 0 Å². The first kappa shape index (κ1) is 14.5. The van der Waals surface area contributed by atoms with E-state index in [1.807, 2.05) is 37.3 Å². The van der Waals surface area contributed by atoms with Gasteiger partial charge in [-0.3, -0.25) is 9.59 Å². The van der Waals surface area contributed by atoms with E-state index in [2.05, 4.69) is 10.6 Å². The third-order valence-electron chi connectivity index (χ3n) is 3.52. The average molecular weight is 275 g/mol. The fourth-order valence-electron chi connectivity index (χ4n) is 2.53. The van der Waals surface area contributed by atoms with Crippen LogP contribution in [0.3, 0.4) is 0 Å². The van der Waals surface area contributed by atoms with Crippen LogP contribution in [0.5, 0.6) is 0 Å². The largest absolute Gasteiger partial charge is 0.344 e. The van der Waals surface area contributed by atoms with Crippen molar-refractivity contribution in [3.8, 4) is 0 Å². The number of carbonyl (C=O) groups excluding carboxylic acids is 2. The SMILES string of the molecule is CNCCC(=O)NC1CC(C)N(c2ccccc2)C1=O. The molecule has 1 fully saturated rings. The summed E-state index contributed by atoms with van der Waals surface area (Å²) >= 11 is 0. The molecule has 1 aromatic carbocycles. The summed E-state index contributed by atoms with van der Waals surface area (Å²) in [4.78, 5) is 25.9. The quantitative estimate of drug-likeness (QED) is 0.839. The van der Waals surface area contributed by atoms with Gasteiger partial charge in [0.15, 0.2) is 0 Å². The Balaban J connectivity index is 2.02. The molecule has 0 spiro atoms. The van der Waals surface area contributed by atoms with Crippen molar-refractivity contribution in [3.05, 3.63) is 30.3 Å². The summed E-state index contributed by atoms with van der Waals surface area (Å²) in [7, 11) is 1.80. The van der Waals surface area contributed by atoms with Crippen LogP contribution in [0.15, 0.2) is 30.3 Å². The van der Waals surface area contributed by atoms with Crippen LogP contribution in [0.1, 0.15) is 19.8 Å². The van der Waals surface area contributed by atoms with Crippen LogP contribution < -0.4 is 15.5 Å². The fourth-order valence-corrected chi connectivity index (χ4v) is 2.53. The maximum atomic E-state index is 12.4. The van der Waals surface area contributed by atoms with Gasteiger partial charge in [-0.25, -0.2) is 0 Å². The summed E-state index contributed by atoms with van der Waals surface area (Å²) in [6, 6.07) is 9.27. The number of carbonyl (C=O) groups is 2. The zero-order chi connectivity index (χ0) is 14.5.